The molecule has 0 aromatic rings. The molecule has 0 rings (SSSR count). The second kappa shape index (κ2) is 14.5. The van der Waals surface area contributed by atoms with Crippen molar-refractivity contribution in [2.24, 2.45) is 28.1 Å². The highest BCUT2D eigenvalue weighted by Crippen LogP contribution is 2.06. The zero-order valence-electron chi connectivity index (χ0n) is 18.1. The first-order valence-electron chi connectivity index (χ1n) is 9.94. The highest BCUT2D eigenvalue weighted by molar-refractivity contribution is 7.80. The number of aliphatic imine (C=N–C) groups is 1. The van der Waals surface area contributed by atoms with Crippen LogP contribution in [0.5, 0.6) is 0 Å². The molecule has 10 N–H and O–H groups in total. The third-order valence-corrected chi connectivity index (χ3v) is 4.58. The number of nitrogens with two attached hydrogens (primary N) is 3. The minimum absolute atomic E-state index is 0.0483. The summed E-state index contributed by atoms with van der Waals surface area (Å²) in [7, 11) is 0. The van der Waals surface area contributed by atoms with E-state index in [1.807, 2.05) is 13.8 Å². The Morgan fingerprint density at radius 2 is 1.55 bits per heavy atom. The monoisotopic (exact) mass is 461 g/mol. The average molecular weight is 462 g/mol. The number of amides is 3. The van der Waals surface area contributed by atoms with E-state index in [0.29, 0.717) is 6.42 Å². The fraction of sp³-hybridized carbons (Fsp3) is 0.722. The summed E-state index contributed by atoms with van der Waals surface area (Å²) in [6.45, 7) is 5.32. The number of hydrogen-bond donors (Lipinski definition) is 8. The van der Waals surface area contributed by atoms with Crippen LogP contribution in [0.25, 0.3) is 0 Å². The van der Waals surface area contributed by atoms with Crippen molar-refractivity contribution in [2.75, 3.05) is 12.3 Å². The molecule has 0 aromatic heterocycles. The number of nitrogens with one attached hydrogen (secondary N) is 3. The average Bonchev–Trinajstić information content (AvgIpc) is 2.67. The zero-order chi connectivity index (χ0) is 24.1. The second-order valence-corrected chi connectivity index (χ2v) is 7.92. The van der Waals surface area contributed by atoms with E-state index in [-0.39, 0.29) is 37.0 Å². The Bertz CT molecular complexity index is 655. The zero-order valence-corrected chi connectivity index (χ0v) is 19.0. The Morgan fingerprint density at radius 1 is 0.968 bits per heavy atom. The van der Waals surface area contributed by atoms with Crippen LogP contribution in [0.1, 0.15) is 40.0 Å². The molecule has 0 saturated carbocycles. The number of rotatable bonds is 14. The SMILES string of the molecule is CC(C)CC(NC(=O)C(C)NC(=O)C(CCCN=C(N)N)NC(=O)C(N)CS)C(=O)O. The first-order chi connectivity index (χ1) is 14.4. The third kappa shape index (κ3) is 12.0. The first kappa shape index (κ1) is 28.5. The number of carbonyl (C=O) groups excluding carboxylic acids is 3. The van der Waals surface area contributed by atoms with Crippen molar-refractivity contribution in [3.8, 4) is 0 Å². The molecule has 0 aliphatic carbocycles. The summed E-state index contributed by atoms with van der Waals surface area (Å²) in [4.78, 5) is 52.3. The van der Waals surface area contributed by atoms with E-state index in [1.165, 1.54) is 6.92 Å². The lowest BCUT2D eigenvalue weighted by Gasteiger charge is -2.23. The molecule has 0 fully saturated rings. The molecule has 0 radical (unpaired) electrons. The molecule has 0 heterocycles. The molecule has 31 heavy (non-hydrogen) atoms. The van der Waals surface area contributed by atoms with E-state index in [9.17, 15) is 24.3 Å². The van der Waals surface area contributed by atoms with Crippen LogP contribution in [0.3, 0.4) is 0 Å². The van der Waals surface area contributed by atoms with Crippen molar-refractivity contribution in [3.63, 3.8) is 0 Å². The van der Waals surface area contributed by atoms with Crippen LogP contribution in [-0.2, 0) is 19.2 Å². The molecular formula is C18H35N7O5S. The van der Waals surface area contributed by atoms with Crippen LogP contribution in [0.15, 0.2) is 4.99 Å². The van der Waals surface area contributed by atoms with Gasteiger partial charge >= 0.3 is 5.97 Å². The Morgan fingerprint density at radius 3 is 2.03 bits per heavy atom. The van der Waals surface area contributed by atoms with Gasteiger partial charge in [0.05, 0.1) is 6.04 Å². The highest BCUT2D eigenvalue weighted by atomic mass is 32.1. The molecule has 4 atom stereocenters. The summed E-state index contributed by atoms with van der Waals surface area (Å²) in [5.74, 6) is -2.97. The van der Waals surface area contributed by atoms with Gasteiger partial charge in [-0.25, -0.2) is 4.79 Å². The van der Waals surface area contributed by atoms with Crippen molar-refractivity contribution >= 4 is 42.3 Å². The molecule has 4 unspecified atom stereocenters. The maximum absolute atomic E-state index is 12.7. The largest absolute Gasteiger partial charge is 0.480 e. The van der Waals surface area contributed by atoms with Crippen molar-refractivity contribution in [2.45, 2.75) is 64.2 Å². The highest BCUT2D eigenvalue weighted by Gasteiger charge is 2.28. The Labute approximate surface area is 187 Å². The van der Waals surface area contributed by atoms with Gasteiger partial charge in [0.15, 0.2) is 5.96 Å². The third-order valence-electron chi connectivity index (χ3n) is 4.19. The smallest absolute Gasteiger partial charge is 0.326 e. The van der Waals surface area contributed by atoms with Gasteiger partial charge < -0.3 is 38.3 Å². The lowest BCUT2D eigenvalue weighted by atomic mass is 10.0. The summed E-state index contributed by atoms with van der Waals surface area (Å²) in [5.41, 5.74) is 16.2. The quantitative estimate of drug-likeness (QED) is 0.0619. The summed E-state index contributed by atoms with van der Waals surface area (Å²) in [6.07, 6.45) is 0.808. The van der Waals surface area contributed by atoms with Gasteiger partial charge in [0, 0.05) is 12.3 Å². The van der Waals surface area contributed by atoms with E-state index < -0.39 is 47.9 Å². The Kier molecular flexibility index (Phi) is 13.3. The molecule has 13 heteroatoms. The van der Waals surface area contributed by atoms with E-state index in [0.717, 1.165) is 0 Å². The van der Waals surface area contributed by atoms with Crippen LogP contribution in [0, 0.1) is 5.92 Å². The number of nitrogens with zero attached hydrogens (tertiary/aromatic N) is 1. The van der Waals surface area contributed by atoms with Crippen LogP contribution < -0.4 is 33.2 Å². The summed E-state index contributed by atoms with van der Waals surface area (Å²) in [6, 6.07) is -4.01. The number of carboxylic acids is 1. The van der Waals surface area contributed by atoms with Crippen LogP contribution in [0.4, 0.5) is 0 Å². The van der Waals surface area contributed by atoms with E-state index >= 15 is 0 Å². The van der Waals surface area contributed by atoms with Gasteiger partial charge in [-0.3, -0.25) is 19.4 Å². The minimum atomic E-state index is -1.16. The molecular weight excluding hydrogens is 426 g/mol. The fourth-order valence-corrected chi connectivity index (χ4v) is 2.67. The van der Waals surface area contributed by atoms with Gasteiger partial charge in [-0.15, -0.1) is 0 Å². The van der Waals surface area contributed by atoms with E-state index in [4.69, 9.17) is 17.2 Å². The number of hydrogen-bond acceptors (Lipinski definition) is 7. The summed E-state index contributed by atoms with van der Waals surface area (Å²) in [5, 5.41) is 16.7. The van der Waals surface area contributed by atoms with E-state index in [1.54, 1.807) is 0 Å². The number of thiol groups is 1. The molecule has 0 aliphatic heterocycles. The van der Waals surface area contributed by atoms with Gasteiger partial charge in [0.1, 0.15) is 18.1 Å². The second-order valence-electron chi connectivity index (χ2n) is 7.56. The summed E-state index contributed by atoms with van der Waals surface area (Å²) >= 11 is 3.96. The molecule has 0 aliphatic rings. The molecule has 0 bridgehead atoms. The van der Waals surface area contributed by atoms with Crippen molar-refractivity contribution < 1.29 is 24.3 Å². The van der Waals surface area contributed by atoms with Crippen LogP contribution in [0.2, 0.25) is 0 Å². The Hall–Kier alpha value is -2.54. The molecule has 0 aromatic carbocycles. The number of aliphatic carboxylic acids is 1. The number of carbonyl (C=O) groups is 4. The molecule has 0 spiro atoms. The maximum atomic E-state index is 12.7. The van der Waals surface area contributed by atoms with Gasteiger partial charge in [0.25, 0.3) is 0 Å². The van der Waals surface area contributed by atoms with Crippen LogP contribution >= 0.6 is 12.6 Å². The standard InChI is InChI=1S/C18H35N7O5S/c1-9(2)7-13(17(29)30)25-14(26)10(3)23-16(28)12(5-4-6-22-18(20)21)24-15(27)11(19)8-31/h9-13,31H,4-8,19H2,1-3H3,(H,23,28)(H,24,27)(H,25,26)(H,29,30)(H4,20,21,22). The van der Waals surface area contributed by atoms with E-state index in [2.05, 4.69) is 33.6 Å². The predicted octanol–water partition coefficient (Wildman–Crippen LogP) is -2.10. The van der Waals surface area contributed by atoms with Crippen molar-refractivity contribution in [1.82, 2.24) is 16.0 Å². The van der Waals surface area contributed by atoms with Crippen molar-refractivity contribution in [3.05, 3.63) is 0 Å². The van der Waals surface area contributed by atoms with Gasteiger partial charge in [0.2, 0.25) is 17.7 Å². The first-order valence-corrected chi connectivity index (χ1v) is 10.6. The van der Waals surface area contributed by atoms with Gasteiger partial charge in [-0.2, -0.15) is 12.6 Å². The fourth-order valence-electron chi connectivity index (χ4n) is 2.50. The van der Waals surface area contributed by atoms with Gasteiger partial charge in [-0.1, -0.05) is 13.8 Å². The lowest BCUT2D eigenvalue weighted by molar-refractivity contribution is -0.142. The van der Waals surface area contributed by atoms with Gasteiger partial charge in [-0.05, 0) is 32.1 Å². The van der Waals surface area contributed by atoms with Crippen LogP contribution in [-0.4, -0.2) is 71.2 Å². The number of guanidine groups is 1. The Balaban J connectivity index is 5.09. The summed E-state index contributed by atoms with van der Waals surface area (Å²) < 4.78 is 0. The lowest BCUT2D eigenvalue weighted by Crippen LogP contribution is -2.56. The normalized spacial score (nSPS) is 14.6. The molecule has 178 valence electrons. The predicted molar refractivity (Wildman–Crippen MR) is 120 cm³/mol. The maximum Gasteiger partial charge on any atom is 0.326 e. The topological polar surface area (TPSA) is 215 Å². The number of carboxylic acid groups (broad SMARTS) is 1. The minimum Gasteiger partial charge on any atom is -0.480 e. The molecule has 12 nitrogen and oxygen atoms in total. The molecule has 3 amide bonds. The van der Waals surface area contributed by atoms with Crippen molar-refractivity contribution in [1.29, 1.82) is 0 Å². The molecule has 0 saturated heterocycles.